The molecule has 0 bridgehead atoms. The number of hydrogen-bond acceptors (Lipinski definition) is 3. The summed E-state index contributed by atoms with van der Waals surface area (Å²) in [5.74, 6) is -1.99. The van der Waals surface area contributed by atoms with Crippen molar-refractivity contribution in [2.24, 2.45) is 0 Å². The Morgan fingerprint density at radius 1 is 1.42 bits per heavy atom. The van der Waals surface area contributed by atoms with Crippen LogP contribution < -0.4 is 4.72 Å². The zero-order chi connectivity index (χ0) is 14.2. The van der Waals surface area contributed by atoms with Crippen molar-refractivity contribution < 1.29 is 17.2 Å². The molecule has 0 spiro atoms. The maximum atomic E-state index is 13.7. The van der Waals surface area contributed by atoms with Crippen LogP contribution in [0.4, 0.5) is 8.78 Å². The summed E-state index contributed by atoms with van der Waals surface area (Å²) in [5, 5.41) is 0. The van der Waals surface area contributed by atoms with E-state index in [2.05, 4.69) is 9.71 Å². The number of H-pyrrole nitrogens is 1. The summed E-state index contributed by atoms with van der Waals surface area (Å²) in [4.78, 5) is 2.74. The highest BCUT2D eigenvalue weighted by Gasteiger charge is 2.13. The van der Waals surface area contributed by atoms with Crippen LogP contribution in [0.3, 0.4) is 0 Å². The zero-order valence-corrected chi connectivity index (χ0v) is 11.5. The number of benzene rings is 1. The molecule has 1 aromatic heterocycles. The van der Waals surface area contributed by atoms with Crippen LogP contribution in [0.5, 0.6) is 0 Å². The molecule has 1 heterocycles. The van der Waals surface area contributed by atoms with Gasteiger partial charge in [-0.05, 0) is 24.4 Å². The van der Waals surface area contributed by atoms with E-state index in [0.29, 0.717) is 5.52 Å². The largest absolute Gasteiger partial charge is 0.330 e. The quantitative estimate of drug-likeness (QED) is 0.842. The number of nitrogens with one attached hydrogen (secondary N) is 2. The van der Waals surface area contributed by atoms with Gasteiger partial charge in [0.2, 0.25) is 10.0 Å². The summed E-state index contributed by atoms with van der Waals surface area (Å²) in [5.41, 5.74) is 0.364. The zero-order valence-electron chi connectivity index (χ0n) is 9.91. The van der Waals surface area contributed by atoms with Gasteiger partial charge in [-0.2, -0.15) is 0 Å². The number of sulfonamides is 1. The predicted molar refractivity (Wildman–Crippen MR) is 69.9 cm³/mol. The van der Waals surface area contributed by atoms with Crippen LogP contribution in [0, 0.1) is 16.4 Å². The first-order valence-corrected chi connectivity index (χ1v) is 7.61. The molecular weight excluding hydrogens is 296 g/mol. The van der Waals surface area contributed by atoms with Crippen molar-refractivity contribution in [2.75, 3.05) is 12.8 Å². The minimum atomic E-state index is -3.34. The predicted octanol–water partition coefficient (Wildman–Crippen LogP) is 1.53. The van der Waals surface area contributed by atoms with Gasteiger partial charge in [-0.15, -0.1) is 0 Å². The molecule has 0 aliphatic heterocycles. The van der Waals surface area contributed by atoms with Gasteiger partial charge in [-0.25, -0.2) is 21.9 Å². The van der Waals surface area contributed by atoms with Gasteiger partial charge in [-0.1, -0.05) is 0 Å². The molecule has 2 N–H and O–H groups in total. The third-order valence-electron chi connectivity index (χ3n) is 2.53. The van der Waals surface area contributed by atoms with Crippen LogP contribution in [-0.2, 0) is 16.6 Å². The molecular formula is C10H11F2N3O2S2. The van der Waals surface area contributed by atoms with E-state index >= 15 is 0 Å². The Morgan fingerprint density at radius 3 is 2.74 bits per heavy atom. The Hall–Kier alpha value is -1.32. The second kappa shape index (κ2) is 4.99. The normalized spacial score (nSPS) is 12.2. The molecule has 104 valence electrons. The van der Waals surface area contributed by atoms with E-state index in [9.17, 15) is 17.2 Å². The first-order valence-electron chi connectivity index (χ1n) is 5.31. The highest BCUT2D eigenvalue weighted by Crippen LogP contribution is 2.20. The van der Waals surface area contributed by atoms with Gasteiger partial charge in [0.15, 0.2) is 16.4 Å². The van der Waals surface area contributed by atoms with Crippen molar-refractivity contribution >= 4 is 33.3 Å². The minimum Gasteiger partial charge on any atom is -0.330 e. The standard InChI is InChI=1S/C10H11F2N3O2S2/c1-19(16,17)13-4-5-15-9-7(14-10(15)18)3-2-6(11)8(9)12/h2-3,13H,4-5H2,1H3,(H,14,18). The second-order valence-corrected chi connectivity index (χ2v) is 6.23. The van der Waals surface area contributed by atoms with Crippen molar-refractivity contribution in [3.8, 4) is 0 Å². The first kappa shape index (κ1) is 14.1. The van der Waals surface area contributed by atoms with Crippen molar-refractivity contribution in [1.29, 1.82) is 0 Å². The van der Waals surface area contributed by atoms with Crippen LogP contribution in [0.1, 0.15) is 0 Å². The molecule has 0 aliphatic carbocycles. The molecule has 0 saturated heterocycles. The van der Waals surface area contributed by atoms with E-state index in [1.807, 2.05) is 0 Å². The lowest BCUT2D eigenvalue weighted by Crippen LogP contribution is -2.26. The van der Waals surface area contributed by atoms with Gasteiger partial charge in [0.25, 0.3) is 0 Å². The topological polar surface area (TPSA) is 66.9 Å². The van der Waals surface area contributed by atoms with Crippen molar-refractivity contribution in [3.63, 3.8) is 0 Å². The van der Waals surface area contributed by atoms with E-state index < -0.39 is 21.7 Å². The van der Waals surface area contributed by atoms with Crippen molar-refractivity contribution in [2.45, 2.75) is 6.54 Å². The smallest absolute Gasteiger partial charge is 0.208 e. The number of hydrogen-bond donors (Lipinski definition) is 2. The van der Waals surface area contributed by atoms with Crippen molar-refractivity contribution in [3.05, 3.63) is 28.5 Å². The number of fused-ring (bicyclic) bond motifs is 1. The summed E-state index contributed by atoms with van der Waals surface area (Å²) in [6.45, 7) is 0.141. The number of halogens is 2. The number of imidazole rings is 1. The molecule has 1 aromatic carbocycles. The molecule has 0 aliphatic rings. The van der Waals surface area contributed by atoms with Crippen LogP contribution in [0.2, 0.25) is 0 Å². The van der Waals surface area contributed by atoms with E-state index in [-0.39, 0.29) is 23.4 Å². The summed E-state index contributed by atoms with van der Waals surface area (Å²) in [6.07, 6.45) is 1.02. The van der Waals surface area contributed by atoms with Gasteiger partial charge in [0.1, 0.15) is 5.52 Å². The van der Waals surface area contributed by atoms with E-state index in [0.717, 1.165) is 12.3 Å². The van der Waals surface area contributed by atoms with Gasteiger partial charge in [0, 0.05) is 13.1 Å². The van der Waals surface area contributed by atoms with E-state index in [1.165, 1.54) is 10.6 Å². The second-order valence-electron chi connectivity index (χ2n) is 4.01. The molecule has 0 fully saturated rings. The highest BCUT2D eigenvalue weighted by molar-refractivity contribution is 7.88. The fourth-order valence-electron chi connectivity index (χ4n) is 1.75. The Labute approximate surface area is 113 Å². The lowest BCUT2D eigenvalue weighted by molar-refractivity contribution is 0.510. The van der Waals surface area contributed by atoms with Gasteiger partial charge < -0.3 is 9.55 Å². The lowest BCUT2D eigenvalue weighted by Gasteiger charge is -2.06. The number of rotatable bonds is 4. The summed E-state index contributed by atoms with van der Waals surface area (Å²) in [7, 11) is -3.34. The maximum Gasteiger partial charge on any atom is 0.208 e. The molecule has 19 heavy (non-hydrogen) atoms. The van der Waals surface area contributed by atoms with Crippen LogP contribution >= 0.6 is 12.2 Å². The van der Waals surface area contributed by atoms with Crippen LogP contribution in [0.15, 0.2) is 12.1 Å². The molecule has 0 saturated carbocycles. The number of nitrogens with zero attached hydrogens (tertiary/aromatic N) is 1. The SMILES string of the molecule is CS(=O)(=O)NCCn1c(=S)[nH]c2ccc(F)c(F)c21. The van der Waals surface area contributed by atoms with E-state index in [1.54, 1.807) is 0 Å². The Bertz CT molecular complexity index is 780. The monoisotopic (exact) mass is 307 g/mol. The summed E-state index contributed by atoms with van der Waals surface area (Å²) < 4.78 is 52.6. The van der Waals surface area contributed by atoms with Gasteiger partial charge in [-0.3, -0.25) is 0 Å². The molecule has 0 atom stereocenters. The average Bonchev–Trinajstić information content (AvgIpc) is 2.60. The Morgan fingerprint density at radius 2 is 2.11 bits per heavy atom. The Kier molecular flexibility index (Phi) is 3.70. The van der Waals surface area contributed by atoms with Crippen molar-refractivity contribution in [1.82, 2.24) is 14.3 Å². The fraction of sp³-hybridized carbons (Fsp3) is 0.300. The van der Waals surface area contributed by atoms with E-state index in [4.69, 9.17) is 12.2 Å². The first-order chi connectivity index (χ1) is 8.79. The summed E-state index contributed by atoms with van der Waals surface area (Å²) >= 11 is 5.00. The molecule has 0 radical (unpaired) electrons. The molecule has 2 aromatic rings. The average molecular weight is 307 g/mol. The number of aromatic nitrogens is 2. The van der Waals surface area contributed by atoms with Crippen LogP contribution in [0.25, 0.3) is 11.0 Å². The third-order valence-corrected chi connectivity index (χ3v) is 3.58. The third kappa shape index (κ3) is 2.99. The fourth-order valence-corrected chi connectivity index (χ4v) is 2.50. The highest BCUT2D eigenvalue weighted by atomic mass is 32.2. The maximum absolute atomic E-state index is 13.7. The molecule has 5 nitrogen and oxygen atoms in total. The Balaban J connectivity index is 2.40. The summed E-state index contributed by atoms with van der Waals surface area (Å²) in [6, 6.07) is 2.38. The lowest BCUT2D eigenvalue weighted by atomic mass is 10.3. The number of aromatic amines is 1. The van der Waals surface area contributed by atoms with Crippen LogP contribution in [-0.4, -0.2) is 30.8 Å². The molecule has 2 rings (SSSR count). The molecule has 0 unspecified atom stereocenters. The van der Waals surface area contributed by atoms with Gasteiger partial charge in [0.05, 0.1) is 11.8 Å². The van der Waals surface area contributed by atoms with Gasteiger partial charge >= 0.3 is 0 Å². The molecule has 0 amide bonds. The molecule has 9 heteroatoms. The minimum absolute atomic E-state index is 0.000279.